The molecular formula is C16H21BrO4. The SMILES string of the molecule is CCCCOC(=O)CCC(=O)OCCc1ccc(Br)cc1. The van der Waals surface area contributed by atoms with Gasteiger partial charge in [0, 0.05) is 10.9 Å². The standard InChI is InChI=1S/C16H21BrO4/c1-2-3-11-20-15(18)8-9-16(19)21-12-10-13-4-6-14(17)7-5-13/h4-7H,2-3,8-12H2,1H3. The molecule has 0 aliphatic carbocycles. The molecule has 1 aromatic carbocycles. The molecule has 0 saturated carbocycles. The van der Waals surface area contributed by atoms with Gasteiger partial charge in [0.25, 0.3) is 0 Å². The van der Waals surface area contributed by atoms with Crippen LogP contribution in [0, 0.1) is 0 Å². The fraction of sp³-hybridized carbons (Fsp3) is 0.500. The quantitative estimate of drug-likeness (QED) is 0.500. The summed E-state index contributed by atoms with van der Waals surface area (Å²) < 4.78 is 11.1. The topological polar surface area (TPSA) is 52.6 Å². The molecule has 0 amide bonds. The third-order valence-electron chi connectivity index (χ3n) is 2.86. The molecule has 21 heavy (non-hydrogen) atoms. The second-order valence-electron chi connectivity index (χ2n) is 4.67. The maximum Gasteiger partial charge on any atom is 0.306 e. The Kier molecular flexibility index (Phi) is 8.74. The zero-order chi connectivity index (χ0) is 15.5. The second-order valence-corrected chi connectivity index (χ2v) is 5.59. The van der Waals surface area contributed by atoms with Crippen LogP contribution in [0.2, 0.25) is 0 Å². The number of hydrogen-bond acceptors (Lipinski definition) is 4. The molecule has 0 N–H and O–H groups in total. The molecule has 0 atom stereocenters. The van der Waals surface area contributed by atoms with Crippen LogP contribution in [-0.4, -0.2) is 25.2 Å². The number of ether oxygens (including phenoxy) is 2. The lowest BCUT2D eigenvalue weighted by Gasteiger charge is -2.06. The average molecular weight is 357 g/mol. The van der Waals surface area contributed by atoms with E-state index < -0.39 is 0 Å². The molecule has 0 fully saturated rings. The highest BCUT2D eigenvalue weighted by molar-refractivity contribution is 9.10. The van der Waals surface area contributed by atoms with Crippen molar-refractivity contribution in [2.45, 2.75) is 39.0 Å². The van der Waals surface area contributed by atoms with Crippen LogP contribution >= 0.6 is 15.9 Å². The summed E-state index contributed by atoms with van der Waals surface area (Å²) in [5, 5.41) is 0. The number of rotatable bonds is 9. The first-order valence-electron chi connectivity index (χ1n) is 7.17. The zero-order valence-electron chi connectivity index (χ0n) is 12.3. The number of benzene rings is 1. The lowest BCUT2D eigenvalue weighted by atomic mass is 10.2. The molecule has 0 aliphatic rings. The average Bonchev–Trinajstić information content (AvgIpc) is 2.47. The van der Waals surface area contributed by atoms with Gasteiger partial charge in [0.15, 0.2) is 0 Å². The molecule has 0 unspecified atom stereocenters. The maximum atomic E-state index is 11.5. The first-order valence-corrected chi connectivity index (χ1v) is 7.96. The van der Waals surface area contributed by atoms with E-state index in [2.05, 4.69) is 15.9 Å². The van der Waals surface area contributed by atoms with E-state index in [1.165, 1.54) is 0 Å². The molecule has 0 saturated heterocycles. The molecule has 0 bridgehead atoms. The largest absolute Gasteiger partial charge is 0.466 e. The lowest BCUT2D eigenvalue weighted by Crippen LogP contribution is -2.12. The van der Waals surface area contributed by atoms with Crippen molar-refractivity contribution in [1.29, 1.82) is 0 Å². The molecule has 0 heterocycles. The van der Waals surface area contributed by atoms with Crippen LogP contribution in [0.5, 0.6) is 0 Å². The third-order valence-corrected chi connectivity index (χ3v) is 3.39. The molecule has 5 heteroatoms. The van der Waals surface area contributed by atoms with Crippen molar-refractivity contribution in [3.05, 3.63) is 34.3 Å². The van der Waals surface area contributed by atoms with E-state index >= 15 is 0 Å². The number of carbonyl (C=O) groups excluding carboxylic acids is 2. The summed E-state index contributed by atoms with van der Waals surface area (Å²) in [5.41, 5.74) is 1.10. The normalized spacial score (nSPS) is 10.2. The number of hydrogen-bond donors (Lipinski definition) is 0. The summed E-state index contributed by atoms with van der Waals surface area (Å²) in [6, 6.07) is 7.85. The van der Waals surface area contributed by atoms with Crippen molar-refractivity contribution in [1.82, 2.24) is 0 Å². The van der Waals surface area contributed by atoms with E-state index in [0.29, 0.717) is 19.6 Å². The van der Waals surface area contributed by atoms with Gasteiger partial charge in [-0.1, -0.05) is 41.4 Å². The summed E-state index contributed by atoms with van der Waals surface area (Å²) >= 11 is 3.36. The van der Waals surface area contributed by atoms with E-state index in [4.69, 9.17) is 9.47 Å². The van der Waals surface area contributed by atoms with Crippen molar-refractivity contribution in [3.8, 4) is 0 Å². The van der Waals surface area contributed by atoms with Crippen LogP contribution in [0.1, 0.15) is 38.2 Å². The molecule has 1 rings (SSSR count). The molecule has 4 nitrogen and oxygen atoms in total. The molecule has 0 aliphatic heterocycles. The highest BCUT2D eigenvalue weighted by atomic mass is 79.9. The Balaban J connectivity index is 2.11. The fourth-order valence-corrected chi connectivity index (χ4v) is 1.88. The Bertz CT molecular complexity index is 442. The molecule has 0 radical (unpaired) electrons. The van der Waals surface area contributed by atoms with Crippen LogP contribution in [0.3, 0.4) is 0 Å². The van der Waals surface area contributed by atoms with Crippen molar-refractivity contribution in [2.75, 3.05) is 13.2 Å². The van der Waals surface area contributed by atoms with Gasteiger partial charge in [-0.3, -0.25) is 9.59 Å². The van der Waals surface area contributed by atoms with Gasteiger partial charge in [0.05, 0.1) is 26.1 Å². The minimum atomic E-state index is -0.362. The van der Waals surface area contributed by atoms with Crippen LogP contribution in [-0.2, 0) is 25.5 Å². The smallest absolute Gasteiger partial charge is 0.306 e. The van der Waals surface area contributed by atoms with Crippen LogP contribution in [0.4, 0.5) is 0 Å². The zero-order valence-corrected chi connectivity index (χ0v) is 13.9. The molecule has 1 aromatic rings. The monoisotopic (exact) mass is 356 g/mol. The Morgan fingerprint density at radius 1 is 1.00 bits per heavy atom. The third kappa shape index (κ3) is 8.50. The van der Waals surface area contributed by atoms with Crippen LogP contribution in [0.15, 0.2) is 28.7 Å². The minimum Gasteiger partial charge on any atom is -0.466 e. The van der Waals surface area contributed by atoms with Gasteiger partial charge in [-0.2, -0.15) is 0 Å². The van der Waals surface area contributed by atoms with E-state index in [-0.39, 0.29) is 24.8 Å². The predicted molar refractivity (Wildman–Crippen MR) is 83.9 cm³/mol. The maximum absolute atomic E-state index is 11.5. The van der Waals surface area contributed by atoms with Gasteiger partial charge in [0.2, 0.25) is 0 Å². The fourth-order valence-electron chi connectivity index (χ4n) is 1.61. The lowest BCUT2D eigenvalue weighted by molar-refractivity contribution is -0.150. The summed E-state index contributed by atoms with van der Waals surface area (Å²) in [6.45, 7) is 2.77. The Morgan fingerprint density at radius 3 is 2.14 bits per heavy atom. The van der Waals surface area contributed by atoms with Gasteiger partial charge >= 0.3 is 11.9 Å². The van der Waals surface area contributed by atoms with Crippen molar-refractivity contribution >= 4 is 27.9 Å². The summed E-state index contributed by atoms with van der Waals surface area (Å²) in [6.07, 6.45) is 2.65. The number of esters is 2. The second kappa shape index (κ2) is 10.4. The Labute approximate surface area is 133 Å². The summed E-state index contributed by atoms with van der Waals surface area (Å²) in [7, 11) is 0. The Hall–Kier alpha value is -1.36. The summed E-state index contributed by atoms with van der Waals surface area (Å²) in [4.78, 5) is 22.8. The van der Waals surface area contributed by atoms with Crippen LogP contribution in [0.25, 0.3) is 0 Å². The molecule has 0 aromatic heterocycles. The van der Waals surface area contributed by atoms with Gasteiger partial charge in [-0.05, 0) is 24.1 Å². The van der Waals surface area contributed by atoms with Crippen molar-refractivity contribution in [2.24, 2.45) is 0 Å². The highest BCUT2D eigenvalue weighted by Gasteiger charge is 2.09. The van der Waals surface area contributed by atoms with Gasteiger partial charge < -0.3 is 9.47 Å². The van der Waals surface area contributed by atoms with E-state index in [1.807, 2.05) is 31.2 Å². The van der Waals surface area contributed by atoms with E-state index in [1.54, 1.807) is 0 Å². The van der Waals surface area contributed by atoms with E-state index in [9.17, 15) is 9.59 Å². The summed E-state index contributed by atoms with van der Waals surface area (Å²) in [5.74, 6) is -0.701. The van der Waals surface area contributed by atoms with E-state index in [0.717, 1.165) is 22.9 Å². The first-order chi connectivity index (χ1) is 10.1. The molecule has 0 spiro atoms. The number of unbranched alkanes of at least 4 members (excludes halogenated alkanes) is 1. The van der Waals surface area contributed by atoms with Crippen molar-refractivity contribution < 1.29 is 19.1 Å². The van der Waals surface area contributed by atoms with Crippen molar-refractivity contribution in [3.63, 3.8) is 0 Å². The van der Waals surface area contributed by atoms with Gasteiger partial charge in [-0.15, -0.1) is 0 Å². The number of carbonyl (C=O) groups is 2. The highest BCUT2D eigenvalue weighted by Crippen LogP contribution is 2.11. The number of halogens is 1. The van der Waals surface area contributed by atoms with Gasteiger partial charge in [-0.25, -0.2) is 0 Å². The van der Waals surface area contributed by atoms with Gasteiger partial charge in [0.1, 0.15) is 0 Å². The van der Waals surface area contributed by atoms with Crippen LogP contribution < -0.4 is 0 Å². The first kappa shape index (κ1) is 17.7. The molecule has 116 valence electrons. The minimum absolute atomic E-state index is 0.0747. The molecular weight excluding hydrogens is 336 g/mol. The predicted octanol–water partition coefficient (Wildman–Crippen LogP) is 3.66. The Morgan fingerprint density at radius 2 is 1.57 bits per heavy atom.